The summed E-state index contributed by atoms with van der Waals surface area (Å²) in [5, 5.41) is 0. The van der Waals surface area contributed by atoms with Crippen LogP contribution in [0.25, 0.3) is 0 Å². The molecule has 0 radical (unpaired) electrons. The third kappa shape index (κ3) is 5.62. The van der Waals surface area contributed by atoms with Gasteiger partial charge in [-0.2, -0.15) is 0 Å². The molecular formula is C21H30N2O2. The predicted octanol–water partition coefficient (Wildman–Crippen LogP) is 3.67. The zero-order valence-electron chi connectivity index (χ0n) is 15.5. The fraction of sp³-hybridized carbons (Fsp3) is 0.524. The van der Waals surface area contributed by atoms with Crippen LogP contribution in [0.3, 0.4) is 0 Å². The Hall–Kier alpha value is -1.78. The lowest BCUT2D eigenvalue weighted by Crippen LogP contribution is -2.38. The Morgan fingerprint density at radius 3 is 2.56 bits per heavy atom. The predicted molar refractivity (Wildman–Crippen MR) is 101 cm³/mol. The lowest BCUT2D eigenvalue weighted by atomic mass is 9.96. The van der Waals surface area contributed by atoms with Crippen molar-refractivity contribution in [2.24, 2.45) is 5.92 Å². The molecule has 25 heavy (non-hydrogen) atoms. The molecule has 0 saturated carbocycles. The number of likely N-dealkylation sites (tertiary alicyclic amines) is 1. The highest BCUT2D eigenvalue weighted by atomic mass is 16.5. The van der Waals surface area contributed by atoms with E-state index in [-0.39, 0.29) is 0 Å². The van der Waals surface area contributed by atoms with Crippen LogP contribution in [0.4, 0.5) is 0 Å². The lowest BCUT2D eigenvalue weighted by Gasteiger charge is -2.33. The standard InChI is InChI=1S/C21H30N2O2/c1-22(17-21-4-3-15-25-21)16-19-10-13-23(14-11-19)12-9-18-5-7-20(24-2)8-6-18/h3-8,15,19H,9-14,16-17H2,1-2H3. The van der Waals surface area contributed by atoms with Gasteiger partial charge in [0, 0.05) is 13.1 Å². The Labute approximate surface area is 151 Å². The Morgan fingerprint density at radius 1 is 1.16 bits per heavy atom. The first-order valence-electron chi connectivity index (χ1n) is 9.29. The highest BCUT2D eigenvalue weighted by molar-refractivity contribution is 5.27. The van der Waals surface area contributed by atoms with Crippen molar-refractivity contribution in [1.82, 2.24) is 9.80 Å². The van der Waals surface area contributed by atoms with Gasteiger partial charge in [-0.1, -0.05) is 12.1 Å². The SMILES string of the molecule is COc1ccc(CCN2CCC(CN(C)Cc3ccco3)CC2)cc1. The number of hydrogen-bond donors (Lipinski definition) is 0. The maximum absolute atomic E-state index is 5.44. The van der Waals surface area contributed by atoms with Gasteiger partial charge in [0.1, 0.15) is 11.5 Å². The van der Waals surface area contributed by atoms with Crippen molar-refractivity contribution in [3.8, 4) is 5.75 Å². The molecule has 1 aromatic carbocycles. The summed E-state index contributed by atoms with van der Waals surface area (Å²) in [6, 6.07) is 12.5. The number of rotatable bonds is 8. The molecule has 4 nitrogen and oxygen atoms in total. The summed E-state index contributed by atoms with van der Waals surface area (Å²) >= 11 is 0. The van der Waals surface area contributed by atoms with Crippen LogP contribution in [0.1, 0.15) is 24.2 Å². The molecule has 3 rings (SSSR count). The van der Waals surface area contributed by atoms with Crippen LogP contribution in [0.15, 0.2) is 47.1 Å². The highest BCUT2D eigenvalue weighted by Gasteiger charge is 2.20. The monoisotopic (exact) mass is 342 g/mol. The van der Waals surface area contributed by atoms with E-state index in [4.69, 9.17) is 9.15 Å². The van der Waals surface area contributed by atoms with Crippen LogP contribution in [-0.2, 0) is 13.0 Å². The number of hydrogen-bond acceptors (Lipinski definition) is 4. The first-order valence-corrected chi connectivity index (χ1v) is 9.29. The summed E-state index contributed by atoms with van der Waals surface area (Å²) in [6.45, 7) is 5.66. The molecule has 1 aliphatic rings. The first kappa shape index (κ1) is 18.0. The maximum Gasteiger partial charge on any atom is 0.118 e. The van der Waals surface area contributed by atoms with Crippen molar-refractivity contribution in [3.63, 3.8) is 0 Å². The minimum Gasteiger partial charge on any atom is -0.497 e. The van der Waals surface area contributed by atoms with E-state index in [0.717, 1.165) is 43.5 Å². The van der Waals surface area contributed by atoms with Gasteiger partial charge in [-0.05, 0) is 75.1 Å². The summed E-state index contributed by atoms with van der Waals surface area (Å²) in [4.78, 5) is 4.99. The van der Waals surface area contributed by atoms with E-state index in [9.17, 15) is 0 Å². The third-order valence-electron chi connectivity index (χ3n) is 5.16. The van der Waals surface area contributed by atoms with E-state index in [2.05, 4.69) is 47.2 Å². The molecule has 0 unspecified atom stereocenters. The molecule has 0 bridgehead atoms. The molecular weight excluding hydrogens is 312 g/mol. The molecule has 1 saturated heterocycles. The summed E-state index contributed by atoms with van der Waals surface area (Å²) in [6.07, 6.45) is 5.47. The fourth-order valence-electron chi connectivity index (χ4n) is 3.65. The number of ether oxygens (including phenoxy) is 1. The lowest BCUT2D eigenvalue weighted by molar-refractivity contribution is 0.150. The molecule has 0 aliphatic carbocycles. The van der Waals surface area contributed by atoms with Crippen LogP contribution in [-0.4, -0.2) is 50.1 Å². The minimum absolute atomic E-state index is 0.803. The van der Waals surface area contributed by atoms with Gasteiger partial charge in [-0.15, -0.1) is 0 Å². The van der Waals surface area contributed by atoms with Gasteiger partial charge in [0.15, 0.2) is 0 Å². The summed E-state index contributed by atoms with van der Waals surface area (Å²) in [7, 11) is 3.91. The molecule has 0 atom stereocenters. The fourth-order valence-corrected chi connectivity index (χ4v) is 3.65. The Morgan fingerprint density at radius 2 is 1.92 bits per heavy atom. The van der Waals surface area contributed by atoms with Crippen LogP contribution >= 0.6 is 0 Å². The normalized spacial score (nSPS) is 16.4. The van der Waals surface area contributed by atoms with Gasteiger partial charge in [0.05, 0.1) is 19.9 Å². The molecule has 136 valence electrons. The number of nitrogens with zero attached hydrogens (tertiary/aromatic N) is 2. The van der Waals surface area contributed by atoms with Gasteiger partial charge in [-0.3, -0.25) is 4.90 Å². The van der Waals surface area contributed by atoms with Crippen molar-refractivity contribution in [3.05, 3.63) is 54.0 Å². The average molecular weight is 342 g/mol. The highest BCUT2D eigenvalue weighted by Crippen LogP contribution is 2.20. The Bertz CT molecular complexity index is 601. The molecule has 4 heteroatoms. The second-order valence-corrected chi connectivity index (χ2v) is 7.16. The molecule has 2 heterocycles. The van der Waals surface area contributed by atoms with Crippen molar-refractivity contribution in [2.75, 3.05) is 40.3 Å². The molecule has 2 aromatic rings. The molecule has 1 aromatic heterocycles. The second kappa shape index (κ2) is 9.07. The van der Waals surface area contributed by atoms with Crippen LogP contribution < -0.4 is 4.74 Å². The largest absolute Gasteiger partial charge is 0.497 e. The van der Waals surface area contributed by atoms with Gasteiger partial charge in [0.2, 0.25) is 0 Å². The number of furan rings is 1. The van der Waals surface area contributed by atoms with Crippen LogP contribution in [0, 0.1) is 5.92 Å². The van der Waals surface area contributed by atoms with E-state index in [1.807, 2.05) is 6.07 Å². The van der Waals surface area contributed by atoms with Crippen LogP contribution in [0.5, 0.6) is 5.75 Å². The number of benzene rings is 1. The van der Waals surface area contributed by atoms with Crippen molar-refractivity contribution < 1.29 is 9.15 Å². The number of piperidine rings is 1. The average Bonchev–Trinajstić information content (AvgIpc) is 3.14. The molecule has 1 fully saturated rings. The van der Waals surface area contributed by atoms with Gasteiger partial charge < -0.3 is 14.1 Å². The first-order chi connectivity index (χ1) is 12.2. The maximum atomic E-state index is 5.44. The van der Waals surface area contributed by atoms with E-state index >= 15 is 0 Å². The summed E-state index contributed by atoms with van der Waals surface area (Å²) in [5.41, 5.74) is 1.39. The van der Waals surface area contributed by atoms with Crippen molar-refractivity contribution >= 4 is 0 Å². The van der Waals surface area contributed by atoms with E-state index in [1.54, 1.807) is 13.4 Å². The Kier molecular flexibility index (Phi) is 6.54. The topological polar surface area (TPSA) is 28.9 Å². The Balaban J connectivity index is 1.35. The van der Waals surface area contributed by atoms with Crippen LogP contribution in [0.2, 0.25) is 0 Å². The third-order valence-corrected chi connectivity index (χ3v) is 5.16. The van der Waals surface area contributed by atoms with Crippen molar-refractivity contribution in [1.29, 1.82) is 0 Å². The quantitative estimate of drug-likeness (QED) is 0.732. The van der Waals surface area contributed by atoms with Gasteiger partial charge in [0.25, 0.3) is 0 Å². The minimum atomic E-state index is 0.803. The summed E-state index contributed by atoms with van der Waals surface area (Å²) in [5.74, 6) is 2.79. The zero-order valence-corrected chi connectivity index (χ0v) is 15.5. The second-order valence-electron chi connectivity index (χ2n) is 7.16. The summed E-state index contributed by atoms with van der Waals surface area (Å²) < 4.78 is 10.7. The van der Waals surface area contributed by atoms with Crippen molar-refractivity contribution in [2.45, 2.75) is 25.8 Å². The number of methoxy groups -OCH3 is 1. The van der Waals surface area contributed by atoms with E-state index < -0.39 is 0 Å². The molecule has 0 amide bonds. The van der Waals surface area contributed by atoms with E-state index in [0.29, 0.717) is 0 Å². The van der Waals surface area contributed by atoms with E-state index in [1.165, 1.54) is 31.5 Å². The smallest absolute Gasteiger partial charge is 0.118 e. The molecule has 0 spiro atoms. The zero-order chi connectivity index (χ0) is 17.5. The van der Waals surface area contributed by atoms with Gasteiger partial charge in [-0.25, -0.2) is 0 Å². The molecule has 1 aliphatic heterocycles. The molecule has 0 N–H and O–H groups in total. The van der Waals surface area contributed by atoms with Gasteiger partial charge >= 0.3 is 0 Å².